The molecule has 0 unspecified atom stereocenters. The Labute approximate surface area is 163 Å². The van der Waals surface area contributed by atoms with Crippen molar-refractivity contribution in [1.82, 2.24) is 5.43 Å². The standard InChI is InChI=1S/C24H31N3/c1-6-14-21(23(27-25-5)24(3,4)7-2)26-22(19-15-10-8-11-16-19)20-17-12-9-13-18-20/h8-18,25H,6-7H2,1-5H3/b21-14+,27-23-. The lowest BCUT2D eigenvalue weighted by Gasteiger charge is -2.26. The highest BCUT2D eigenvalue weighted by Gasteiger charge is 2.27. The Kier molecular flexibility index (Phi) is 7.54. The van der Waals surface area contributed by atoms with Crippen LogP contribution in [0.2, 0.25) is 0 Å². The first-order valence-corrected chi connectivity index (χ1v) is 9.68. The van der Waals surface area contributed by atoms with Crippen molar-refractivity contribution in [2.45, 2.75) is 40.5 Å². The lowest BCUT2D eigenvalue weighted by atomic mass is 9.82. The number of nitrogens with one attached hydrogen (secondary N) is 1. The van der Waals surface area contributed by atoms with Gasteiger partial charge in [0.2, 0.25) is 0 Å². The molecule has 0 saturated carbocycles. The van der Waals surface area contributed by atoms with Crippen LogP contribution in [0.4, 0.5) is 0 Å². The number of hydrogen-bond acceptors (Lipinski definition) is 3. The summed E-state index contributed by atoms with van der Waals surface area (Å²) in [6.07, 6.45) is 4.05. The molecule has 0 spiro atoms. The predicted octanol–water partition coefficient (Wildman–Crippen LogP) is 5.83. The van der Waals surface area contributed by atoms with Crippen LogP contribution in [0.1, 0.15) is 51.7 Å². The van der Waals surface area contributed by atoms with Crippen LogP contribution in [0.15, 0.2) is 82.5 Å². The Bertz CT molecular complexity index is 759. The molecule has 0 aliphatic carbocycles. The summed E-state index contributed by atoms with van der Waals surface area (Å²) in [5, 5.41) is 4.62. The Morgan fingerprint density at radius 2 is 1.44 bits per heavy atom. The molecule has 2 aromatic carbocycles. The van der Waals surface area contributed by atoms with Crippen molar-refractivity contribution in [2.24, 2.45) is 15.5 Å². The first kappa shape index (κ1) is 20.6. The molecule has 2 rings (SSSR count). The van der Waals surface area contributed by atoms with Crippen LogP contribution >= 0.6 is 0 Å². The van der Waals surface area contributed by atoms with Crippen LogP contribution in [0.3, 0.4) is 0 Å². The lowest BCUT2D eigenvalue weighted by Crippen LogP contribution is -2.27. The van der Waals surface area contributed by atoms with Crippen LogP contribution < -0.4 is 5.43 Å². The third-order valence-corrected chi connectivity index (χ3v) is 4.72. The maximum absolute atomic E-state index is 5.15. The monoisotopic (exact) mass is 361 g/mol. The van der Waals surface area contributed by atoms with Crippen LogP contribution in [0.5, 0.6) is 0 Å². The average molecular weight is 362 g/mol. The van der Waals surface area contributed by atoms with Gasteiger partial charge in [-0.15, -0.1) is 0 Å². The summed E-state index contributed by atoms with van der Waals surface area (Å²) in [6.45, 7) is 8.75. The van der Waals surface area contributed by atoms with Crippen LogP contribution in [-0.4, -0.2) is 18.5 Å². The molecule has 3 heteroatoms. The molecule has 0 bridgehead atoms. The van der Waals surface area contributed by atoms with E-state index >= 15 is 0 Å². The first-order valence-electron chi connectivity index (χ1n) is 9.68. The molecule has 0 radical (unpaired) electrons. The molecule has 0 heterocycles. The lowest BCUT2D eigenvalue weighted by molar-refractivity contribution is 0.498. The molecule has 0 saturated heterocycles. The van der Waals surface area contributed by atoms with Gasteiger partial charge in [0.05, 0.1) is 17.1 Å². The number of hydrazone groups is 1. The molecular weight excluding hydrogens is 330 g/mol. The molecule has 0 atom stereocenters. The van der Waals surface area contributed by atoms with Crippen LogP contribution in [0.25, 0.3) is 0 Å². The molecule has 0 aromatic heterocycles. The van der Waals surface area contributed by atoms with Gasteiger partial charge in [-0.2, -0.15) is 5.10 Å². The maximum Gasteiger partial charge on any atom is 0.0911 e. The first-order chi connectivity index (χ1) is 13.0. The molecule has 2 aromatic rings. The van der Waals surface area contributed by atoms with Crippen molar-refractivity contribution in [3.05, 3.63) is 83.6 Å². The molecule has 0 fully saturated rings. The van der Waals surface area contributed by atoms with Gasteiger partial charge in [-0.1, -0.05) is 94.4 Å². The molecule has 0 aliphatic rings. The summed E-state index contributed by atoms with van der Waals surface area (Å²) >= 11 is 0. The van der Waals surface area contributed by atoms with E-state index in [0.29, 0.717) is 0 Å². The zero-order valence-corrected chi connectivity index (χ0v) is 17.2. The number of allylic oxidation sites excluding steroid dienone is 2. The van der Waals surface area contributed by atoms with Gasteiger partial charge in [-0.25, -0.2) is 4.99 Å². The minimum atomic E-state index is -0.0774. The molecule has 0 aliphatic heterocycles. The minimum Gasteiger partial charge on any atom is -0.313 e. The fraction of sp³-hybridized carbons (Fsp3) is 0.333. The van der Waals surface area contributed by atoms with Crippen molar-refractivity contribution in [3.8, 4) is 0 Å². The van der Waals surface area contributed by atoms with E-state index in [-0.39, 0.29) is 5.41 Å². The highest BCUT2D eigenvalue weighted by Crippen LogP contribution is 2.28. The number of nitrogens with zero attached hydrogens (tertiary/aromatic N) is 2. The number of hydrogen-bond donors (Lipinski definition) is 1. The van der Waals surface area contributed by atoms with Crippen molar-refractivity contribution in [2.75, 3.05) is 7.05 Å². The summed E-state index contributed by atoms with van der Waals surface area (Å²) in [6, 6.07) is 20.7. The van der Waals surface area contributed by atoms with Crippen LogP contribution in [0, 0.1) is 5.41 Å². The third-order valence-electron chi connectivity index (χ3n) is 4.72. The van der Waals surface area contributed by atoms with Gasteiger partial charge in [-0.3, -0.25) is 0 Å². The smallest absolute Gasteiger partial charge is 0.0911 e. The van der Waals surface area contributed by atoms with E-state index in [4.69, 9.17) is 4.99 Å². The van der Waals surface area contributed by atoms with Gasteiger partial charge in [0, 0.05) is 23.6 Å². The van der Waals surface area contributed by atoms with Gasteiger partial charge >= 0.3 is 0 Å². The number of benzene rings is 2. The van der Waals surface area contributed by atoms with Crippen molar-refractivity contribution in [1.29, 1.82) is 0 Å². The summed E-state index contributed by atoms with van der Waals surface area (Å²) in [5.41, 5.74) is 7.98. The van der Waals surface area contributed by atoms with E-state index in [1.54, 1.807) is 0 Å². The van der Waals surface area contributed by atoms with Crippen molar-refractivity contribution >= 4 is 11.4 Å². The second kappa shape index (κ2) is 9.86. The summed E-state index contributed by atoms with van der Waals surface area (Å²) in [7, 11) is 1.84. The highest BCUT2D eigenvalue weighted by atomic mass is 15.3. The van der Waals surface area contributed by atoms with E-state index < -0.39 is 0 Å². The summed E-state index contributed by atoms with van der Waals surface area (Å²) in [5.74, 6) is 0. The topological polar surface area (TPSA) is 36.8 Å². The molecule has 1 N–H and O–H groups in total. The SMILES string of the molecule is CC/C=C(N=C(c1ccccc1)c1ccccc1)\C(=N\NC)C(C)(C)CC. The molecule has 3 nitrogen and oxygen atoms in total. The third kappa shape index (κ3) is 5.40. The summed E-state index contributed by atoms with van der Waals surface area (Å²) in [4.78, 5) is 5.15. The van der Waals surface area contributed by atoms with E-state index in [9.17, 15) is 0 Å². The molecule has 142 valence electrons. The van der Waals surface area contributed by atoms with E-state index in [2.05, 4.69) is 92.8 Å². The van der Waals surface area contributed by atoms with Gasteiger partial charge in [0.1, 0.15) is 0 Å². The Balaban J connectivity index is 2.67. The quantitative estimate of drug-likeness (QED) is 0.466. The Hall–Kier alpha value is -2.68. The largest absolute Gasteiger partial charge is 0.313 e. The van der Waals surface area contributed by atoms with Gasteiger partial charge in [0.15, 0.2) is 0 Å². The van der Waals surface area contributed by atoms with E-state index in [0.717, 1.165) is 41.1 Å². The zero-order chi connectivity index (χ0) is 19.7. The Morgan fingerprint density at radius 3 is 1.85 bits per heavy atom. The average Bonchev–Trinajstić information content (AvgIpc) is 2.70. The Morgan fingerprint density at radius 1 is 0.926 bits per heavy atom. The zero-order valence-electron chi connectivity index (χ0n) is 17.2. The second-order valence-corrected chi connectivity index (χ2v) is 7.11. The van der Waals surface area contributed by atoms with Gasteiger partial charge in [0.25, 0.3) is 0 Å². The van der Waals surface area contributed by atoms with Crippen molar-refractivity contribution < 1.29 is 0 Å². The van der Waals surface area contributed by atoms with Crippen molar-refractivity contribution in [3.63, 3.8) is 0 Å². The number of aliphatic imine (C=N–C) groups is 1. The molecular formula is C24H31N3. The molecule has 27 heavy (non-hydrogen) atoms. The van der Waals surface area contributed by atoms with Gasteiger partial charge < -0.3 is 5.43 Å². The molecule has 0 amide bonds. The minimum absolute atomic E-state index is 0.0774. The van der Waals surface area contributed by atoms with Gasteiger partial charge in [-0.05, 0) is 12.8 Å². The maximum atomic E-state index is 5.15. The van der Waals surface area contributed by atoms with Crippen LogP contribution in [-0.2, 0) is 0 Å². The van der Waals surface area contributed by atoms with E-state index in [1.807, 2.05) is 19.2 Å². The predicted molar refractivity (Wildman–Crippen MR) is 117 cm³/mol. The number of rotatable bonds is 8. The normalized spacial score (nSPS) is 12.6. The highest BCUT2D eigenvalue weighted by molar-refractivity contribution is 6.16. The summed E-state index contributed by atoms with van der Waals surface area (Å²) < 4.78 is 0. The fourth-order valence-electron chi connectivity index (χ4n) is 2.83. The second-order valence-electron chi connectivity index (χ2n) is 7.11. The fourth-order valence-corrected chi connectivity index (χ4v) is 2.83. The van der Waals surface area contributed by atoms with E-state index in [1.165, 1.54) is 0 Å².